The van der Waals surface area contributed by atoms with E-state index in [-0.39, 0.29) is 0 Å². The lowest BCUT2D eigenvalue weighted by Gasteiger charge is -2.05. The fraction of sp³-hybridized carbons (Fsp3) is 0.200. The van der Waals surface area contributed by atoms with Gasteiger partial charge >= 0.3 is 0 Å². The predicted octanol–water partition coefficient (Wildman–Crippen LogP) is 12.2. The first-order valence-corrected chi connectivity index (χ1v) is 19.2. The maximum Gasteiger partial charge on any atom is 0.188 e. The van der Waals surface area contributed by atoms with E-state index in [0.29, 0.717) is 11.1 Å². The largest absolute Gasteiger partial charge is 0.619 e. The Balaban J connectivity index is 0.0000000996. The lowest BCUT2D eigenvalue weighted by atomic mass is 10.0. The first-order chi connectivity index (χ1) is 25.5. The second-order valence-electron chi connectivity index (χ2n) is 13.8. The molecule has 4 aromatic carbocycles. The number of benzene rings is 4. The van der Waals surface area contributed by atoms with Crippen molar-refractivity contribution in [2.24, 2.45) is 0 Å². The van der Waals surface area contributed by atoms with Crippen LogP contribution in [0.2, 0.25) is 5.15 Å². The standard InChI is InChI=1S/C12H10ClN.C12H11NO.C12H11N.C9H6BrN/c13-12-10-4-2-1-3-9(10)11(7-14-12)8-5-6-8;14-13-7-10-3-1-2-4-11(10)12(8-13)9-5-6-9;1-2-4-11-10(3-1)7-13-8-12(11)9-5-6-9;10-9-6-11-5-7-3-1-2-4-8(7)9/h1-4,7-8H,5-6H2;1-4,7-9H,5-6H2;1-4,7-9H,5-6H2;1-6H. The van der Waals surface area contributed by atoms with Crippen LogP contribution in [0.15, 0.2) is 145 Å². The summed E-state index contributed by atoms with van der Waals surface area (Å²) in [5.41, 5.74) is 4.03. The third kappa shape index (κ3) is 7.94. The Bertz CT molecular complexity index is 2500. The molecule has 258 valence electrons. The molecule has 4 aromatic heterocycles. The normalized spacial score (nSPS) is 14.9. The number of pyridine rings is 4. The number of hydrogen-bond acceptors (Lipinski definition) is 4. The van der Waals surface area contributed by atoms with Gasteiger partial charge in [0.2, 0.25) is 0 Å². The highest BCUT2D eigenvalue weighted by atomic mass is 79.9. The molecule has 3 aliphatic rings. The maximum atomic E-state index is 11.4. The number of fused-ring (bicyclic) bond motifs is 4. The molecule has 11 rings (SSSR count). The first-order valence-electron chi connectivity index (χ1n) is 18.0. The van der Waals surface area contributed by atoms with Crippen LogP contribution in [0.25, 0.3) is 43.1 Å². The Kier molecular flexibility index (Phi) is 10.1. The van der Waals surface area contributed by atoms with Crippen molar-refractivity contribution in [2.75, 3.05) is 0 Å². The first kappa shape index (κ1) is 34.2. The summed E-state index contributed by atoms with van der Waals surface area (Å²) in [4.78, 5) is 12.6. The van der Waals surface area contributed by atoms with E-state index in [9.17, 15) is 5.21 Å². The molecule has 0 saturated heterocycles. The highest BCUT2D eigenvalue weighted by molar-refractivity contribution is 9.10. The zero-order valence-electron chi connectivity index (χ0n) is 28.7. The molecular formula is C45H38BrClN4O. The summed E-state index contributed by atoms with van der Waals surface area (Å²) < 4.78 is 1.98. The van der Waals surface area contributed by atoms with E-state index in [2.05, 4.69) is 79.4 Å². The molecule has 8 aromatic rings. The number of aromatic nitrogens is 4. The van der Waals surface area contributed by atoms with E-state index in [0.717, 1.165) is 31.8 Å². The minimum Gasteiger partial charge on any atom is -0.619 e. The zero-order chi connectivity index (χ0) is 35.4. The Labute approximate surface area is 317 Å². The van der Waals surface area contributed by atoms with Crippen LogP contribution in [0, 0.1) is 5.21 Å². The zero-order valence-corrected chi connectivity index (χ0v) is 31.0. The van der Waals surface area contributed by atoms with E-state index >= 15 is 0 Å². The maximum absolute atomic E-state index is 11.4. The fourth-order valence-corrected chi connectivity index (χ4v) is 7.50. The van der Waals surface area contributed by atoms with Crippen molar-refractivity contribution in [1.29, 1.82) is 0 Å². The number of hydrogen-bond donors (Lipinski definition) is 0. The number of rotatable bonds is 3. The molecule has 0 amide bonds. The van der Waals surface area contributed by atoms with Gasteiger partial charge in [0.05, 0.1) is 0 Å². The SMILES string of the molecule is Brc1cncc2ccccc12.Clc1ncc(C2CC2)c2ccccc12.[O-][n+]1cc(C2CC2)c2ccccc2c1.c1ccc2c(C3CC3)cncc2c1. The second kappa shape index (κ2) is 15.4. The molecule has 0 unspecified atom stereocenters. The third-order valence-corrected chi connectivity index (χ3v) is 10.9. The lowest BCUT2D eigenvalue weighted by molar-refractivity contribution is -0.604. The quantitative estimate of drug-likeness (QED) is 0.102. The summed E-state index contributed by atoms with van der Waals surface area (Å²) in [6.45, 7) is 0. The van der Waals surface area contributed by atoms with E-state index in [1.54, 1.807) is 12.4 Å². The van der Waals surface area contributed by atoms with Gasteiger partial charge in [-0.2, -0.15) is 4.73 Å². The highest BCUT2D eigenvalue weighted by Gasteiger charge is 2.28. The summed E-state index contributed by atoms with van der Waals surface area (Å²) in [5.74, 6) is 2.14. The van der Waals surface area contributed by atoms with E-state index in [1.807, 2.05) is 79.5 Å². The van der Waals surface area contributed by atoms with E-state index in [1.165, 1.54) is 87.5 Å². The second-order valence-corrected chi connectivity index (χ2v) is 15.0. The summed E-state index contributed by atoms with van der Waals surface area (Å²) in [6.07, 6.45) is 20.7. The van der Waals surface area contributed by atoms with Gasteiger partial charge in [-0.1, -0.05) is 103 Å². The van der Waals surface area contributed by atoms with Crippen molar-refractivity contribution < 1.29 is 4.73 Å². The molecule has 0 N–H and O–H groups in total. The molecule has 3 fully saturated rings. The molecule has 52 heavy (non-hydrogen) atoms. The summed E-state index contributed by atoms with van der Waals surface area (Å²) in [5, 5.41) is 21.6. The van der Waals surface area contributed by atoms with Crippen molar-refractivity contribution in [2.45, 2.75) is 56.3 Å². The molecule has 3 saturated carbocycles. The monoisotopic (exact) mass is 764 g/mol. The van der Waals surface area contributed by atoms with Gasteiger partial charge in [-0.3, -0.25) is 9.97 Å². The van der Waals surface area contributed by atoms with Gasteiger partial charge in [0.15, 0.2) is 12.4 Å². The average molecular weight is 766 g/mol. The van der Waals surface area contributed by atoms with Crippen molar-refractivity contribution in [3.8, 4) is 0 Å². The van der Waals surface area contributed by atoms with Crippen LogP contribution in [0.1, 0.15) is 73.0 Å². The van der Waals surface area contributed by atoms with Crippen LogP contribution in [0.4, 0.5) is 0 Å². The van der Waals surface area contributed by atoms with E-state index in [4.69, 9.17) is 11.6 Å². The molecule has 0 atom stereocenters. The molecular weight excluding hydrogens is 728 g/mol. The summed E-state index contributed by atoms with van der Waals surface area (Å²) in [6, 6.07) is 33.0. The Morgan fingerprint density at radius 2 is 0.962 bits per heavy atom. The molecule has 5 nitrogen and oxygen atoms in total. The third-order valence-electron chi connectivity index (χ3n) is 9.95. The highest BCUT2D eigenvalue weighted by Crippen LogP contribution is 2.44. The van der Waals surface area contributed by atoms with Gasteiger partial charge in [0.25, 0.3) is 0 Å². The minimum atomic E-state index is 0.616. The molecule has 3 aliphatic carbocycles. The van der Waals surface area contributed by atoms with Crippen molar-refractivity contribution >= 4 is 70.6 Å². The van der Waals surface area contributed by atoms with Crippen LogP contribution in [0.3, 0.4) is 0 Å². The van der Waals surface area contributed by atoms with Gasteiger partial charge in [-0.25, -0.2) is 4.98 Å². The Hall–Kier alpha value is -4.91. The molecule has 7 heteroatoms. The molecule has 4 heterocycles. The van der Waals surface area contributed by atoms with Crippen LogP contribution < -0.4 is 4.73 Å². The lowest BCUT2D eigenvalue weighted by Crippen LogP contribution is -2.25. The van der Waals surface area contributed by atoms with Crippen LogP contribution in [-0.2, 0) is 0 Å². The Morgan fingerprint density at radius 3 is 1.58 bits per heavy atom. The van der Waals surface area contributed by atoms with Gasteiger partial charge in [-0.05, 0) is 111 Å². The topological polar surface area (TPSA) is 65.6 Å². The van der Waals surface area contributed by atoms with Gasteiger partial charge in [0.1, 0.15) is 5.15 Å². The Morgan fingerprint density at radius 1 is 0.500 bits per heavy atom. The fourth-order valence-electron chi connectivity index (χ4n) is 6.81. The van der Waals surface area contributed by atoms with Crippen molar-refractivity contribution in [1.82, 2.24) is 15.0 Å². The van der Waals surface area contributed by atoms with Crippen molar-refractivity contribution in [3.63, 3.8) is 0 Å². The minimum absolute atomic E-state index is 0.616. The van der Waals surface area contributed by atoms with Gasteiger partial charge < -0.3 is 5.21 Å². The predicted molar refractivity (Wildman–Crippen MR) is 217 cm³/mol. The van der Waals surface area contributed by atoms with Crippen LogP contribution >= 0.6 is 27.5 Å². The number of halogens is 2. The van der Waals surface area contributed by atoms with Crippen LogP contribution in [-0.4, -0.2) is 15.0 Å². The van der Waals surface area contributed by atoms with Crippen LogP contribution in [0.5, 0.6) is 0 Å². The molecule has 0 bridgehead atoms. The molecule has 0 aliphatic heterocycles. The van der Waals surface area contributed by atoms with Gasteiger partial charge in [0, 0.05) is 62.6 Å². The van der Waals surface area contributed by atoms with Gasteiger partial charge in [-0.15, -0.1) is 0 Å². The van der Waals surface area contributed by atoms with Crippen molar-refractivity contribution in [3.05, 3.63) is 172 Å². The smallest absolute Gasteiger partial charge is 0.188 e. The number of nitrogens with zero attached hydrogens (tertiary/aromatic N) is 4. The summed E-state index contributed by atoms with van der Waals surface area (Å²) >= 11 is 9.48. The summed E-state index contributed by atoms with van der Waals surface area (Å²) in [7, 11) is 0. The molecule has 0 spiro atoms. The molecule has 0 radical (unpaired) electrons. The average Bonchev–Trinajstić information content (AvgIpc) is 4.02. The van der Waals surface area contributed by atoms with E-state index < -0.39 is 0 Å².